The number of carbonyl (C=O) groups excluding carboxylic acids is 2. The second-order valence-corrected chi connectivity index (χ2v) is 4.93. The molecule has 5 nitrogen and oxygen atoms in total. The molecule has 2 amide bonds. The average Bonchev–Trinajstić information content (AvgIpc) is 2.95. The van der Waals surface area contributed by atoms with Gasteiger partial charge in [-0.05, 0) is 17.5 Å². The first-order valence-corrected chi connectivity index (χ1v) is 6.98. The number of rotatable bonds is 8. The molecule has 0 aliphatic carbocycles. The lowest BCUT2D eigenvalue weighted by molar-refractivity contribution is -0.130. The Kier molecular flexibility index (Phi) is 7.13. The minimum Gasteiger partial charge on any atom is -0.491 e. The highest BCUT2D eigenvalue weighted by atomic mass is 32.1. The van der Waals surface area contributed by atoms with Crippen molar-refractivity contribution in [2.45, 2.75) is 12.5 Å². The van der Waals surface area contributed by atoms with Crippen LogP contribution in [-0.2, 0) is 20.7 Å². The summed E-state index contributed by atoms with van der Waals surface area (Å²) in [6, 6.07) is 3.24. The third-order valence-corrected chi connectivity index (χ3v) is 3.31. The molecule has 0 saturated heterocycles. The van der Waals surface area contributed by atoms with E-state index < -0.39 is 6.04 Å². The normalized spacial score (nSPS) is 11.8. The Morgan fingerprint density at radius 3 is 2.95 bits per heavy atom. The van der Waals surface area contributed by atoms with Crippen molar-refractivity contribution in [2.75, 3.05) is 13.7 Å². The molecule has 0 spiro atoms. The molecule has 0 saturated carbocycles. The topological polar surface area (TPSA) is 67.4 Å². The van der Waals surface area contributed by atoms with Gasteiger partial charge in [-0.3, -0.25) is 9.59 Å². The first-order chi connectivity index (χ1) is 9.67. The number of nitrogens with one attached hydrogen (secondary N) is 2. The van der Waals surface area contributed by atoms with Crippen molar-refractivity contribution in [2.24, 2.45) is 0 Å². The molecule has 0 fully saturated rings. The minimum absolute atomic E-state index is 0.137. The molecule has 1 rings (SSSR count). The molecule has 20 heavy (non-hydrogen) atoms. The quantitative estimate of drug-likeness (QED) is 0.560. The Labute approximate surface area is 122 Å². The Hall–Kier alpha value is -2.08. The Morgan fingerprint density at radius 1 is 1.55 bits per heavy atom. The Balaban J connectivity index is 2.51. The molecule has 0 radical (unpaired) electrons. The van der Waals surface area contributed by atoms with E-state index in [9.17, 15) is 9.59 Å². The van der Waals surface area contributed by atoms with E-state index in [2.05, 4.69) is 17.2 Å². The molecule has 1 aromatic rings. The fraction of sp³-hybridized carbons (Fsp3) is 0.286. The van der Waals surface area contributed by atoms with Crippen LogP contribution in [0.15, 0.2) is 42.5 Å². The maximum absolute atomic E-state index is 11.8. The van der Waals surface area contributed by atoms with Gasteiger partial charge in [0.15, 0.2) is 6.61 Å². The zero-order valence-corrected chi connectivity index (χ0v) is 12.1. The summed E-state index contributed by atoms with van der Waals surface area (Å²) in [6.45, 7) is 3.35. The first kappa shape index (κ1) is 16.0. The summed E-state index contributed by atoms with van der Waals surface area (Å²) in [6.07, 6.45) is 4.96. The van der Waals surface area contributed by atoms with Crippen LogP contribution in [0.4, 0.5) is 0 Å². The van der Waals surface area contributed by atoms with Gasteiger partial charge in [0.25, 0.3) is 5.91 Å². The smallest absolute Gasteiger partial charge is 0.258 e. The molecule has 0 aliphatic heterocycles. The second kappa shape index (κ2) is 8.92. The van der Waals surface area contributed by atoms with Crippen LogP contribution in [-0.4, -0.2) is 31.5 Å². The highest BCUT2D eigenvalue weighted by Gasteiger charge is 2.20. The minimum atomic E-state index is -0.599. The summed E-state index contributed by atoms with van der Waals surface area (Å²) in [5, 5.41) is 7.13. The molecule has 0 aliphatic rings. The maximum atomic E-state index is 11.8. The van der Waals surface area contributed by atoms with Crippen molar-refractivity contribution < 1.29 is 14.3 Å². The molecule has 1 atom stereocenters. The van der Waals surface area contributed by atoms with Crippen LogP contribution in [0.2, 0.25) is 0 Å². The summed E-state index contributed by atoms with van der Waals surface area (Å²) in [5.74, 6) is -0.572. The monoisotopic (exact) mass is 294 g/mol. The maximum Gasteiger partial charge on any atom is 0.258 e. The standard InChI is InChI=1S/C14H18N2O3S/c1-3-4-7-19-10-13(17)16-12(14(18)15-2)9-11-6-5-8-20-11/h3-8,12H,1,9-10H2,2H3,(H,15,18)(H,16,17)/b7-4+/t12-/m0/s1. The lowest BCUT2D eigenvalue weighted by Crippen LogP contribution is -2.47. The van der Waals surface area contributed by atoms with Gasteiger partial charge in [0, 0.05) is 18.3 Å². The second-order valence-electron chi connectivity index (χ2n) is 3.89. The van der Waals surface area contributed by atoms with E-state index in [0.29, 0.717) is 6.42 Å². The van der Waals surface area contributed by atoms with E-state index in [1.54, 1.807) is 30.5 Å². The number of thiophene rings is 1. The van der Waals surface area contributed by atoms with Crippen molar-refractivity contribution in [1.29, 1.82) is 0 Å². The van der Waals surface area contributed by atoms with Gasteiger partial charge in [0.2, 0.25) is 5.91 Å². The molecule has 108 valence electrons. The van der Waals surface area contributed by atoms with Crippen LogP contribution in [0.25, 0.3) is 0 Å². The van der Waals surface area contributed by atoms with Gasteiger partial charge >= 0.3 is 0 Å². The number of hydrogen-bond acceptors (Lipinski definition) is 4. The van der Waals surface area contributed by atoms with Crippen molar-refractivity contribution in [3.8, 4) is 0 Å². The SMILES string of the molecule is C=C/C=C/OCC(=O)N[C@@H](Cc1cccs1)C(=O)NC. The number of allylic oxidation sites excluding steroid dienone is 2. The number of ether oxygens (including phenoxy) is 1. The highest BCUT2D eigenvalue weighted by molar-refractivity contribution is 7.09. The lowest BCUT2D eigenvalue weighted by atomic mass is 10.1. The average molecular weight is 294 g/mol. The predicted molar refractivity (Wildman–Crippen MR) is 79.3 cm³/mol. The Bertz CT molecular complexity index is 469. The highest BCUT2D eigenvalue weighted by Crippen LogP contribution is 2.11. The Morgan fingerprint density at radius 2 is 2.35 bits per heavy atom. The number of carbonyl (C=O) groups is 2. The van der Waals surface area contributed by atoms with Gasteiger partial charge in [-0.25, -0.2) is 0 Å². The zero-order chi connectivity index (χ0) is 14.8. The van der Waals surface area contributed by atoms with Gasteiger partial charge in [-0.2, -0.15) is 0 Å². The van der Waals surface area contributed by atoms with Gasteiger partial charge in [0.05, 0.1) is 6.26 Å². The molecule has 0 aromatic carbocycles. The summed E-state index contributed by atoms with van der Waals surface area (Å²) in [5.41, 5.74) is 0. The van der Waals surface area contributed by atoms with E-state index in [4.69, 9.17) is 4.74 Å². The van der Waals surface area contributed by atoms with Crippen LogP contribution in [0.3, 0.4) is 0 Å². The van der Waals surface area contributed by atoms with Crippen LogP contribution in [0, 0.1) is 0 Å². The number of amides is 2. The number of likely N-dealkylation sites (N-methyl/N-ethyl adjacent to an activating group) is 1. The van der Waals surface area contributed by atoms with Crippen LogP contribution < -0.4 is 10.6 Å². The molecular weight excluding hydrogens is 276 g/mol. The third kappa shape index (κ3) is 5.71. The molecule has 6 heteroatoms. The van der Waals surface area contributed by atoms with Crippen molar-refractivity contribution in [3.63, 3.8) is 0 Å². The fourth-order valence-electron chi connectivity index (χ4n) is 1.48. The summed E-state index contributed by atoms with van der Waals surface area (Å²) in [4.78, 5) is 24.5. The summed E-state index contributed by atoms with van der Waals surface area (Å²) in [7, 11) is 1.54. The van der Waals surface area contributed by atoms with Crippen molar-refractivity contribution >= 4 is 23.2 Å². The summed E-state index contributed by atoms with van der Waals surface area (Å²) < 4.78 is 4.99. The van der Waals surface area contributed by atoms with Crippen LogP contribution >= 0.6 is 11.3 Å². The molecule has 2 N–H and O–H groups in total. The van der Waals surface area contributed by atoms with Gasteiger partial charge < -0.3 is 15.4 Å². The molecule has 1 heterocycles. The van der Waals surface area contributed by atoms with E-state index in [1.165, 1.54) is 6.26 Å². The number of hydrogen-bond donors (Lipinski definition) is 2. The van der Waals surface area contributed by atoms with E-state index in [1.807, 2.05) is 17.5 Å². The first-order valence-electron chi connectivity index (χ1n) is 6.10. The molecule has 0 bridgehead atoms. The van der Waals surface area contributed by atoms with Crippen molar-refractivity contribution in [3.05, 3.63) is 47.4 Å². The molecule has 0 unspecified atom stereocenters. The van der Waals surface area contributed by atoms with Crippen molar-refractivity contribution in [1.82, 2.24) is 10.6 Å². The lowest BCUT2D eigenvalue weighted by Gasteiger charge is -2.16. The predicted octanol–water partition coefficient (Wildman–Crippen LogP) is 1.24. The van der Waals surface area contributed by atoms with E-state index >= 15 is 0 Å². The van der Waals surface area contributed by atoms with E-state index in [0.717, 1.165) is 4.88 Å². The van der Waals surface area contributed by atoms with Gasteiger partial charge in [0.1, 0.15) is 6.04 Å². The fourth-order valence-corrected chi connectivity index (χ4v) is 2.24. The molecule has 1 aromatic heterocycles. The molecular formula is C14H18N2O3S. The largest absolute Gasteiger partial charge is 0.491 e. The van der Waals surface area contributed by atoms with Crippen LogP contribution in [0.5, 0.6) is 0 Å². The zero-order valence-electron chi connectivity index (χ0n) is 11.3. The van der Waals surface area contributed by atoms with Crippen LogP contribution in [0.1, 0.15) is 4.88 Å². The summed E-state index contributed by atoms with van der Waals surface area (Å²) >= 11 is 1.55. The third-order valence-electron chi connectivity index (χ3n) is 2.41. The van der Waals surface area contributed by atoms with E-state index in [-0.39, 0.29) is 18.4 Å². The van der Waals surface area contributed by atoms with Gasteiger partial charge in [-0.1, -0.05) is 18.7 Å². The van der Waals surface area contributed by atoms with Gasteiger partial charge in [-0.15, -0.1) is 11.3 Å².